The van der Waals surface area contributed by atoms with Crippen LogP contribution in [0.2, 0.25) is 0 Å². The smallest absolute Gasteiger partial charge is 0.318 e. The molecule has 0 radical (unpaired) electrons. The van der Waals surface area contributed by atoms with Crippen LogP contribution < -0.4 is 4.90 Å². The second-order valence-electron chi connectivity index (χ2n) is 5.14. The van der Waals surface area contributed by atoms with Gasteiger partial charge < -0.3 is 18.8 Å². The van der Waals surface area contributed by atoms with Crippen molar-refractivity contribution in [1.82, 2.24) is 14.5 Å². The zero-order valence-corrected chi connectivity index (χ0v) is 14.4. The van der Waals surface area contributed by atoms with E-state index in [0.29, 0.717) is 57.7 Å². The Labute approximate surface area is 136 Å². The van der Waals surface area contributed by atoms with Crippen LogP contribution in [0.1, 0.15) is 12.8 Å². The minimum atomic E-state index is -3.30. The maximum absolute atomic E-state index is 12.3. The molecule has 132 valence electrons. The normalized spacial score (nSPS) is 16.9. The highest BCUT2D eigenvalue weighted by Gasteiger charge is 2.28. The summed E-state index contributed by atoms with van der Waals surface area (Å²) in [6.45, 7) is 4.87. The molecule has 2 rings (SSSR count). The van der Waals surface area contributed by atoms with E-state index in [9.17, 15) is 8.42 Å². The number of sulfonamides is 1. The van der Waals surface area contributed by atoms with Gasteiger partial charge in [0.25, 0.3) is 0 Å². The van der Waals surface area contributed by atoms with Crippen LogP contribution in [0.5, 0.6) is 0 Å². The molecule has 0 N–H and O–H groups in total. The van der Waals surface area contributed by atoms with E-state index in [4.69, 9.17) is 13.9 Å². The van der Waals surface area contributed by atoms with Gasteiger partial charge in [-0.05, 0) is 0 Å². The topological polar surface area (TPSA) is 98.0 Å². The van der Waals surface area contributed by atoms with Crippen molar-refractivity contribution in [3.63, 3.8) is 0 Å². The number of aryl methyl sites for hydroxylation is 1. The average molecular weight is 348 g/mol. The Morgan fingerprint density at radius 2 is 1.87 bits per heavy atom. The van der Waals surface area contributed by atoms with Gasteiger partial charge in [-0.15, -0.1) is 5.10 Å². The highest BCUT2D eigenvalue weighted by Crippen LogP contribution is 2.16. The molecule has 1 fully saturated rings. The molecule has 0 bridgehead atoms. The molecule has 1 saturated heterocycles. The maximum atomic E-state index is 12.3. The van der Waals surface area contributed by atoms with Gasteiger partial charge in [-0.2, -0.15) is 4.31 Å². The number of rotatable bonds is 9. The summed E-state index contributed by atoms with van der Waals surface area (Å²) < 4.78 is 41.6. The highest BCUT2D eigenvalue weighted by atomic mass is 32.2. The Balaban J connectivity index is 1.78. The van der Waals surface area contributed by atoms with Gasteiger partial charge in [-0.3, -0.25) is 0 Å². The predicted octanol–water partition coefficient (Wildman–Crippen LogP) is -0.253. The zero-order valence-electron chi connectivity index (χ0n) is 13.6. The first-order valence-corrected chi connectivity index (χ1v) is 9.29. The van der Waals surface area contributed by atoms with Gasteiger partial charge in [0.15, 0.2) is 0 Å². The molecule has 0 saturated carbocycles. The Morgan fingerprint density at radius 1 is 1.13 bits per heavy atom. The Morgan fingerprint density at radius 3 is 2.48 bits per heavy atom. The number of hydrogen-bond acceptors (Lipinski definition) is 8. The minimum Gasteiger partial charge on any atom is -0.408 e. The maximum Gasteiger partial charge on any atom is 0.318 e. The first-order valence-electron chi connectivity index (χ1n) is 7.68. The molecule has 0 spiro atoms. The molecule has 1 aromatic rings. The van der Waals surface area contributed by atoms with Gasteiger partial charge in [0.1, 0.15) is 0 Å². The molecule has 10 heteroatoms. The van der Waals surface area contributed by atoms with Crippen molar-refractivity contribution >= 4 is 16.0 Å². The summed E-state index contributed by atoms with van der Waals surface area (Å²) in [4.78, 5) is 1.91. The van der Waals surface area contributed by atoms with Gasteiger partial charge in [-0.1, -0.05) is 12.0 Å². The first kappa shape index (κ1) is 18.1. The molecule has 0 amide bonds. The summed E-state index contributed by atoms with van der Waals surface area (Å²) in [5.41, 5.74) is 0. The van der Waals surface area contributed by atoms with Crippen molar-refractivity contribution in [2.45, 2.75) is 13.3 Å². The molecular formula is C13H24N4O5S. The molecule has 0 aromatic carbocycles. The summed E-state index contributed by atoms with van der Waals surface area (Å²) in [5.74, 6) is 0.570. The quantitative estimate of drug-likeness (QED) is 0.563. The number of piperazine rings is 1. The molecule has 0 atom stereocenters. The van der Waals surface area contributed by atoms with Crippen LogP contribution in [0, 0.1) is 0 Å². The fraction of sp³-hybridized carbons (Fsp3) is 0.846. The van der Waals surface area contributed by atoms with Crippen molar-refractivity contribution in [2.24, 2.45) is 0 Å². The van der Waals surface area contributed by atoms with Crippen molar-refractivity contribution in [3.8, 4) is 0 Å². The van der Waals surface area contributed by atoms with Gasteiger partial charge >= 0.3 is 6.01 Å². The van der Waals surface area contributed by atoms with E-state index >= 15 is 0 Å². The van der Waals surface area contributed by atoms with Crippen molar-refractivity contribution in [2.75, 3.05) is 63.8 Å². The molecule has 0 unspecified atom stereocenters. The summed E-state index contributed by atoms with van der Waals surface area (Å²) in [7, 11) is -1.73. The van der Waals surface area contributed by atoms with Crippen molar-refractivity contribution < 1.29 is 22.3 Å². The molecule has 0 aliphatic carbocycles. The second-order valence-corrected chi connectivity index (χ2v) is 7.23. The number of ether oxygens (including phenoxy) is 2. The Hall–Kier alpha value is -1.23. The lowest BCUT2D eigenvalue weighted by Gasteiger charge is -2.32. The molecule has 1 aliphatic rings. The van der Waals surface area contributed by atoms with Crippen molar-refractivity contribution in [1.29, 1.82) is 0 Å². The van der Waals surface area contributed by atoms with E-state index in [0.717, 1.165) is 0 Å². The summed E-state index contributed by atoms with van der Waals surface area (Å²) >= 11 is 0. The largest absolute Gasteiger partial charge is 0.408 e. The van der Waals surface area contributed by atoms with Gasteiger partial charge in [0, 0.05) is 39.7 Å². The molecule has 23 heavy (non-hydrogen) atoms. The summed E-state index contributed by atoms with van der Waals surface area (Å²) in [6, 6.07) is 0.460. The van der Waals surface area contributed by atoms with Gasteiger partial charge in [0.2, 0.25) is 15.9 Å². The van der Waals surface area contributed by atoms with E-state index in [1.807, 2.05) is 11.8 Å². The molecule has 1 aromatic heterocycles. The number of anilines is 1. The number of methoxy groups -OCH3 is 1. The fourth-order valence-electron chi connectivity index (χ4n) is 2.21. The van der Waals surface area contributed by atoms with E-state index in [1.165, 1.54) is 4.31 Å². The highest BCUT2D eigenvalue weighted by molar-refractivity contribution is 7.89. The number of hydrogen-bond donors (Lipinski definition) is 0. The van der Waals surface area contributed by atoms with Crippen LogP contribution in [0.3, 0.4) is 0 Å². The van der Waals surface area contributed by atoms with Gasteiger partial charge in [0.05, 0.1) is 25.6 Å². The number of nitrogens with zero attached hydrogens (tertiary/aromatic N) is 4. The fourth-order valence-corrected chi connectivity index (χ4v) is 3.52. The van der Waals surface area contributed by atoms with Crippen LogP contribution in [-0.4, -0.2) is 81.8 Å². The van der Waals surface area contributed by atoms with E-state index in [1.54, 1.807) is 7.11 Å². The lowest BCUT2D eigenvalue weighted by Crippen LogP contribution is -2.49. The third-order valence-corrected chi connectivity index (χ3v) is 5.41. The molecule has 9 nitrogen and oxygen atoms in total. The zero-order chi connectivity index (χ0) is 16.7. The van der Waals surface area contributed by atoms with Crippen LogP contribution >= 0.6 is 0 Å². The van der Waals surface area contributed by atoms with E-state index in [2.05, 4.69) is 10.2 Å². The average Bonchev–Trinajstić information content (AvgIpc) is 3.04. The molecular weight excluding hydrogens is 324 g/mol. The Kier molecular flexibility index (Phi) is 6.75. The predicted molar refractivity (Wildman–Crippen MR) is 83.9 cm³/mol. The molecule has 1 aliphatic heterocycles. The molecule has 2 heterocycles. The third-order valence-electron chi connectivity index (χ3n) is 3.58. The third kappa shape index (κ3) is 5.13. The summed E-state index contributed by atoms with van der Waals surface area (Å²) in [5, 5.41) is 7.91. The monoisotopic (exact) mass is 348 g/mol. The van der Waals surface area contributed by atoms with Crippen LogP contribution in [0.25, 0.3) is 0 Å². The van der Waals surface area contributed by atoms with E-state index < -0.39 is 10.0 Å². The summed E-state index contributed by atoms with van der Waals surface area (Å²) in [6.07, 6.45) is 0.685. The minimum absolute atomic E-state index is 0.0166. The van der Waals surface area contributed by atoms with Crippen LogP contribution in [0.4, 0.5) is 6.01 Å². The Bertz CT molecular complexity index is 569. The lowest BCUT2D eigenvalue weighted by atomic mass is 10.4. The number of aromatic nitrogens is 2. The SMILES string of the molecule is CCc1nnc(N2CCN(S(=O)(=O)CCOCCOC)CC2)o1. The van der Waals surface area contributed by atoms with Crippen molar-refractivity contribution in [3.05, 3.63) is 5.89 Å². The van der Waals surface area contributed by atoms with Gasteiger partial charge in [-0.25, -0.2) is 8.42 Å². The second kappa shape index (κ2) is 8.57. The standard InChI is InChI=1S/C13H24N4O5S/c1-3-12-14-15-13(22-12)16-4-6-17(7-5-16)23(18,19)11-10-21-9-8-20-2/h3-11H2,1-2H3. The van der Waals surface area contributed by atoms with Crippen LogP contribution in [-0.2, 0) is 25.9 Å². The van der Waals surface area contributed by atoms with Crippen LogP contribution in [0.15, 0.2) is 4.42 Å². The first-order chi connectivity index (χ1) is 11.1. The lowest BCUT2D eigenvalue weighted by molar-refractivity contribution is 0.0781. The van der Waals surface area contributed by atoms with E-state index in [-0.39, 0.29) is 12.4 Å².